The van der Waals surface area contributed by atoms with E-state index in [-0.39, 0.29) is 108 Å². The van der Waals surface area contributed by atoms with Crippen molar-refractivity contribution in [2.45, 2.75) is 169 Å². The number of carbonyl (C=O) groups excluding carboxylic acids is 12. The van der Waals surface area contributed by atoms with Gasteiger partial charge in [0, 0.05) is 60.9 Å². The van der Waals surface area contributed by atoms with E-state index in [0.29, 0.717) is 43.2 Å². The second-order valence-electron chi connectivity index (χ2n) is 27.4. The predicted octanol–water partition coefficient (Wildman–Crippen LogP) is -1.83. The van der Waals surface area contributed by atoms with E-state index in [4.69, 9.17) is 41.6 Å². The molecule has 0 bridgehead atoms. The zero-order chi connectivity index (χ0) is 83.1. The van der Waals surface area contributed by atoms with Crippen LogP contribution in [-0.2, 0) is 65.7 Å². The summed E-state index contributed by atoms with van der Waals surface area (Å²) in [4.78, 5) is 191. The molecular weight excluding hydrogens is 1500 g/mol. The lowest BCUT2D eigenvalue weighted by molar-refractivity contribution is -0.136. The monoisotopic (exact) mass is 1600 g/mol. The highest BCUT2D eigenvalue weighted by Crippen LogP contribution is 2.34. The van der Waals surface area contributed by atoms with E-state index in [9.17, 15) is 67.7 Å². The second-order valence-corrected chi connectivity index (χ2v) is 28.5. The Morgan fingerprint density at radius 3 is 1.91 bits per heavy atom. The van der Waals surface area contributed by atoms with Gasteiger partial charge in [0.2, 0.25) is 59.1 Å². The first-order chi connectivity index (χ1) is 54.6. The number of aryl methyl sites for hydroxylation is 1. The highest BCUT2D eigenvalue weighted by Gasteiger charge is 2.38. The number of nitrogens with one attached hydrogen (secondary N) is 11. The lowest BCUT2D eigenvalue weighted by atomic mass is 10.00. The van der Waals surface area contributed by atoms with Crippen molar-refractivity contribution >= 4 is 106 Å². The molecule has 7 rings (SSSR count). The number of hydrogen-bond donors (Lipinski definition) is 17. The summed E-state index contributed by atoms with van der Waals surface area (Å²) in [6.45, 7) is 4.95. The Labute approximate surface area is 661 Å². The van der Waals surface area contributed by atoms with Crippen molar-refractivity contribution in [1.29, 1.82) is 0 Å². The number of nitrogens with two attached hydrogens (primary N) is 4. The number of rotatable bonds is 32. The Morgan fingerprint density at radius 2 is 1.31 bits per heavy atom. The van der Waals surface area contributed by atoms with Crippen molar-refractivity contribution < 1.29 is 81.3 Å². The highest BCUT2D eigenvalue weighted by molar-refractivity contribution is 7.99. The van der Waals surface area contributed by atoms with Gasteiger partial charge in [0.15, 0.2) is 5.76 Å². The van der Waals surface area contributed by atoms with Crippen LogP contribution in [0.15, 0.2) is 121 Å². The van der Waals surface area contributed by atoms with E-state index in [1.807, 2.05) is 0 Å². The largest absolute Gasteiger partial charge is 0.519 e. The van der Waals surface area contributed by atoms with E-state index in [2.05, 4.69) is 63.5 Å². The lowest BCUT2D eigenvalue weighted by Crippen LogP contribution is -2.61. The summed E-state index contributed by atoms with van der Waals surface area (Å²) >= 11 is 1.26. The van der Waals surface area contributed by atoms with Gasteiger partial charge in [0.1, 0.15) is 66.7 Å². The summed E-state index contributed by atoms with van der Waals surface area (Å²) in [6.07, 6.45) is -0.508. The minimum Gasteiger partial charge on any atom is -0.396 e. The van der Waals surface area contributed by atoms with Crippen LogP contribution in [0, 0.1) is 12.8 Å². The molecule has 1 aliphatic heterocycles. The standard InChI is InChI=1S/C76H103N19O18S/c1-42(2)38-57-71(105)86-52(23-29-77)66(100)85-55(26-32-80)70(104)92-63(43(3)96)73(107)83-34-27-56(69(103)84-53(24-30-78)68(102)90-58(72(106)89-57)39-46-14-8-7-9-15-46)87-67(101)54(25-31-79)88-74(108)64(44(4)97)91-62(98)28-35-94(36-37-111-41-60-45(5)112-76(110)113-60)75(109)95-59-40-48(114-61-18-11-10-17-50(61)65(99)81-6)20-21-49(59)51(93-95)22-19-47-16-12-13-33-82-47/h7-22,33,40,42-44,52-58,63-64,96-97H,23-32,34-39,41,77-80H2,1-6H3,(H,81,99)(H,83,107)(H,84,103)(H,85,100)(H,86,105)(H,87,101)(H,88,108)(H,89,106)(H,90,102)(H,91,98)(H,92,104)/b22-19+/t43-,44-,52+,53+,54+,55+,56+,57+,58-,63+,64+/m1/s1. The Kier molecular flexibility index (Phi) is 35.4. The molecule has 38 heteroatoms. The van der Waals surface area contributed by atoms with Crippen molar-refractivity contribution in [3.05, 3.63) is 142 Å². The normalized spacial score (nSPS) is 19.5. The molecule has 3 aromatic carbocycles. The van der Waals surface area contributed by atoms with Gasteiger partial charge in [-0.05, 0) is 152 Å². The first-order valence-electron chi connectivity index (χ1n) is 37.3. The van der Waals surface area contributed by atoms with Gasteiger partial charge in [0.05, 0.1) is 41.3 Å². The van der Waals surface area contributed by atoms with Gasteiger partial charge in [-0.25, -0.2) is 9.59 Å². The molecule has 0 spiro atoms. The number of ether oxygens (including phenoxy) is 1. The summed E-state index contributed by atoms with van der Waals surface area (Å²) in [5.74, 6) is -11.0. The van der Waals surface area contributed by atoms with Crippen molar-refractivity contribution in [2.24, 2.45) is 28.9 Å². The molecule has 37 nitrogen and oxygen atoms in total. The minimum atomic E-state index is -1.82. The van der Waals surface area contributed by atoms with Gasteiger partial charge in [0.25, 0.3) is 5.91 Å². The molecule has 4 heterocycles. The molecule has 114 heavy (non-hydrogen) atoms. The summed E-state index contributed by atoms with van der Waals surface area (Å²) in [5.41, 5.74) is 26.0. The fraction of sp³-hybridized carbons (Fsp3) is 0.461. The van der Waals surface area contributed by atoms with Crippen molar-refractivity contribution in [3.63, 3.8) is 0 Å². The Hall–Kier alpha value is -11.3. The van der Waals surface area contributed by atoms with E-state index in [0.717, 1.165) is 4.68 Å². The molecule has 12 amide bonds. The maximum Gasteiger partial charge on any atom is 0.519 e. The number of aliphatic hydroxyl groups is 2. The van der Waals surface area contributed by atoms with E-state index in [1.165, 1.54) is 44.5 Å². The maximum absolute atomic E-state index is 15.2. The van der Waals surface area contributed by atoms with Crippen LogP contribution in [0.1, 0.15) is 111 Å². The zero-order valence-electron chi connectivity index (χ0n) is 64.3. The summed E-state index contributed by atoms with van der Waals surface area (Å²) in [6, 6.07) is 11.1. The third kappa shape index (κ3) is 26.7. The molecule has 3 aromatic heterocycles. The van der Waals surface area contributed by atoms with Crippen LogP contribution in [0.3, 0.4) is 0 Å². The van der Waals surface area contributed by atoms with Gasteiger partial charge in [-0.1, -0.05) is 74.1 Å². The topological polar surface area (TPSA) is 568 Å². The van der Waals surface area contributed by atoms with Crippen LogP contribution in [0.5, 0.6) is 0 Å². The number of carbonyl (C=O) groups is 12. The van der Waals surface area contributed by atoms with Gasteiger partial charge in [-0.2, -0.15) is 9.78 Å². The number of benzene rings is 3. The Bertz CT molecular complexity index is 4390. The van der Waals surface area contributed by atoms with Crippen LogP contribution >= 0.6 is 11.8 Å². The molecule has 6 aromatic rings. The molecule has 616 valence electrons. The van der Waals surface area contributed by atoms with Crippen LogP contribution in [0.4, 0.5) is 4.79 Å². The number of aromatic nitrogens is 3. The third-order valence-corrected chi connectivity index (χ3v) is 19.2. The number of pyridine rings is 1. The highest BCUT2D eigenvalue weighted by atomic mass is 32.2. The molecule has 0 unspecified atom stereocenters. The minimum absolute atomic E-state index is 0.0157. The number of fused-ring (bicyclic) bond motifs is 1. The van der Waals surface area contributed by atoms with Crippen LogP contribution in [0.25, 0.3) is 23.1 Å². The van der Waals surface area contributed by atoms with Crippen molar-refractivity contribution in [2.75, 3.05) is 59.5 Å². The van der Waals surface area contributed by atoms with Crippen molar-refractivity contribution in [1.82, 2.24) is 78.1 Å². The fourth-order valence-corrected chi connectivity index (χ4v) is 13.0. The van der Waals surface area contributed by atoms with Crippen LogP contribution < -0.4 is 87.2 Å². The molecule has 1 fully saturated rings. The summed E-state index contributed by atoms with van der Waals surface area (Å²) in [7, 11) is 1.51. The molecule has 0 radical (unpaired) electrons. The predicted molar refractivity (Wildman–Crippen MR) is 418 cm³/mol. The Balaban J connectivity index is 1.16. The molecular formula is C76H103N19O18S. The third-order valence-electron chi connectivity index (χ3n) is 18.1. The number of amides is 12. The number of aliphatic hydroxyl groups excluding tert-OH is 2. The summed E-state index contributed by atoms with van der Waals surface area (Å²) < 4.78 is 17.0. The van der Waals surface area contributed by atoms with Gasteiger partial charge in [-0.15, -0.1) is 0 Å². The Morgan fingerprint density at radius 1 is 0.693 bits per heavy atom. The average molecular weight is 1600 g/mol. The van der Waals surface area contributed by atoms with Crippen LogP contribution in [-0.4, -0.2) is 227 Å². The van der Waals surface area contributed by atoms with E-state index in [1.54, 1.807) is 123 Å². The molecule has 1 aliphatic rings. The lowest BCUT2D eigenvalue weighted by Gasteiger charge is -2.28. The van der Waals surface area contributed by atoms with E-state index < -0.39 is 163 Å². The van der Waals surface area contributed by atoms with Gasteiger partial charge >= 0.3 is 11.9 Å². The average Bonchev–Trinajstić information content (AvgIpc) is 1.62. The summed E-state index contributed by atoms with van der Waals surface area (Å²) in [5, 5.41) is 55.6. The first-order valence-corrected chi connectivity index (χ1v) is 38.2. The smallest absolute Gasteiger partial charge is 0.396 e. The fourth-order valence-electron chi connectivity index (χ4n) is 12.0. The first kappa shape index (κ1) is 89.9. The zero-order valence-corrected chi connectivity index (χ0v) is 65.1. The number of nitrogens with zero attached hydrogens (tertiary/aromatic N) is 4. The SMILES string of the molecule is CNC(=O)c1ccccc1Sc1ccc2c(/C=C/c3ccccn3)nn(C(=O)N(CCOCc3oc(=O)oc3C)CCC(=O)N[C@H](C(=O)N[C@@H](CCN)C(=O)N[C@H]3CCNC(=O)[C@H]([C@@H](C)O)NC(=O)[C@H](CCN)NC(=O)[C@H](CCN)NC(=O)[C@H](CC(C)C)NC(=O)[C@@H](Cc4ccccc4)NC(=O)[C@H](CCN)NC3=O)[C@@H](C)O)c2c1. The molecule has 0 saturated carbocycles. The molecule has 1 saturated heterocycles. The van der Waals surface area contributed by atoms with Crippen LogP contribution in [0.2, 0.25) is 0 Å². The number of hydrogen-bond acceptors (Lipinski definition) is 25. The second kappa shape index (κ2) is 44.8. The quantitative estimate of drug-likeness (QED) is 0.0207. The van der Waals surface area contributed by atoms with Gasteiger partial charge in [-0.3, -0.25) is 57.7 Å². The van der Waals surface area contributed by atoms with E-state index >= 15 is 4.79 Å². The van der Waals surface area contributed by atoms with Gasteiger partial charge < -0.3 is 110 Å². The molecule has 11 atom stereocenters. The molecule has 0 aliphatic carbocycles. The molecule has 21 N–H and O–H groups in total. The maximum atomic E-state index is 15.2. The van der Waals surface area contributed by atoms with Crippen molar-refractivity contribution in [3.8, 4) is 0 Å².